The summed E-state index contributed by atoms with van der Waals surface area (Å²) in [4.78, 5) is 41.1. The number of amides is 2. The predicted octanol–water partition coefficient (Wildman–Crippen LogP) is 1.66. The van der Waals surface area contributed by atoms with Crippen LogP contribution in [0.25, 0.3) is 0 Å². The minimum Gasteiger partial charge on any atom is -0.497 e. The van der Waals surface area contributed by atoms with E-state index in [1.165, 1.54) is 4.90 Å². The molecule has 0 bridgehead atoms. The van der Waals surface area contributed by atoms with Crippen molar-refractivity contribution in [2.75, 3.05) is 13.7 Å². The molecule has 3 rings (SSSR count). The first kappa shape index (κ1) is 22.9. The fourth-order valence-electron chi connectivity index (χ4n) is 2.97. The summed E-state index contributed by atoms with van der Waals surface area (Å²) in [5.74, 6) is 1.57. The Bertz CT molecular complexity index is 864. The number of piperazine rings is 1. The Morgan fingerprint density at radius 1 is 1.27 bits per heavy atom. The molecule has 0 unspecified atom stereocenters. The minimum absolute atomic E-state index is 0.0318. The molecule has 10 nitrogen and oxygen atoms in total. The molecule has 0 aliphatic carbocycles. The van der Waals surface area contributed by atoms with E-state index in [-0.39, 0.29) is 37.3 Å². The topological polar surface area (TPSA) is 126 Å². The van der Waals surface area contributed by atoms with Crippen molar-refractivity contribution < 1.29 is 28.8 Å². The first-order valence-corrected chi connectivity index (χ1v) is 9.42. The highest BCUT2D eigenvalue weighted by Crippen LogP contribution is 2.20. The number of methoxy groups -OCH3 is 1. The van der Waals surface area contributed by atoms with Crippen molar-refractivity contribution in [3.8, 4) is 5.75 Å². The first-order chi connectivity index (χ1) is 14.3. The second kappa shape index (κ2) is 10.4. The summed E-state index contributed by atoms with van der Waals surface area (Å²) in [7, 11) is 1.60. The molecule has 1 aliphatic rings. The fourth-order valence-corrected chi connectivity index (χ4v) is 2.97. The van der Waals surface area contributed by atoms with E-state index in [2.05, 4.69) is 10.1 Å². The highest BCUT2D eigenvalue weighted by molar-refractivity contribution is 5.94. The van der Waals surface area contributed by atoms with Gasteiger partial charge >= 0.3 is 0 Å². The van der Waals surface area contributed by atoms with Gasteiger partial charge in [-0.1, -0.05) is 31.1 Å². The summed E-state index contributed by atoms with van der Waals surface area (Å²) in [6, 6.07) is 6.87. The lowest BCUT2D eigenvalue weighted by molar-refractivity contribution is -0.156. The molecule has 1 aromatic carbocycles. The van der Waals surface area contributed by atoms with E-state index in [1.807, 2.05) is 38.1 Å². The Kier molecular flexibility index (Phi) is 7.90. The van der Waals surface area contributed by atoms with Gasteiger partial charge in [0.2, 0.25) is 17.7 Å². The Balaban J connectivity index is 0.00000101. The minimum atomic E-state index is -0.578. The van der Waals surface area contributed by atoms with Crippen LogP contribution < -0.4 is 4.74 Å². The van der Waals surface area contributed by atoms with Crippen molar-refractivity contribution >= 4 is 18.3 Å². The van der Waals surface area contributed by atoms with E-state index in [4.69, 9.17) is 19.2 Å². The number of benzene rings is 1. The van der Waals surface area contributed by atoms with Gasteiger partial charge in [0.1, 0.15) is 18.3 Å². The number of carbonyl (C=O) groups is 3. The van der Waals surface area contributed by atoms with Gasteiger partial charge < -0.3 is 24.2 Å². The van der Waals surface area contributed by atoms with Gasteiger partial charge in [-0.3, -0.25) is 14.4 Å². The number of hydrogen-bond donors (Lipinski definition) is 1. The molecule has 1 atom stereocenters. The van der Waals surface area contributed by atoms with Crippen LogP contribution in [0.1, 0.15) is 44.0 Å². The molecule has 10 heteroatoms. The van der Waals surface area contributed by atoms with E-state index in [0.717, 1.165) is 11.3 Å². The molecule has 2 amide bonds. The van der Waals surface area contributed by atoms with Gasteiger partial charge in [-0.15, -0.1) is 0 Å². The average Bonchev–Trinajstić information content (AvgIpc) is 3.19. The molecule has 0 radical (unpaired) electrons. The van der Waals surface area contributed by atoms with Crippen LogP contribution in [0.2, 0.25) is 0 Å². The van der Waals surface area contributed by atoms with Crippen LogP contribution in [0.5, 0.6) is 5.75 Å². The highest BCUT2D eigenvalue weighted by Gasteiger charge is 2.37. The zero-order valence-electron chi connectivity index (χ0n) is 17.4. The SMILES string of the molecule is COc1ccc(CN2CC(=O)N(Cc3noc(C(C)C)n3)[C@@H](C)C2=O)cc1.O=CO. The van der Waals surface area contributed by atoms with Crippen molar-refractivity contribution in [2.24, 2.45) is 0 Å². The van der Waals surface area contributed by atoms with E-state index in [0.29, 0.717) is 18.3 Å². The third-order valence-corrected chi connectivity index (χ3v) is 4.60. The summed E-state index contributed by atoms with van der Waals surface area (Å²) in [5, 5.41) is 10.8. The summed E-state index contributed by atoms with van der Waals surface area (Å²) < 4.78 is 10.3. The van der Waals surface area contributed by atoms with Crippen molar-refractivity contribution in [3.63, 3.8) is 0 Å². The maximum Gasteiger partial charge on any atom is 0.290 e. The lowest BCUT2D eigenvalue weighted by Crippen LogP contribution is -2.58. The number of ether oxygens (including phenoxy) is 1. The Labute approximate surface area is 174 Å². The second-order valence-electron chi connectivity index (χ2n) is 7.05. The number of carbonyl (C=O) groups excluding carboxylic acids is 2. The molecular formula is C20H26N4O6. The standard InChI is InChI=1S/C19H24N4O4.CH2O2/c1-12(2)18-20-16(21-27-18)10-23-13(3)19(25)22(11-17(23)24)9-14-5-7-15(26-4)8-6-14;2-1-3/h5-8,12-13H,9-11H2,1-4H3;1H,(H,2,3)/t13-;/m0./s1. The van der Waals surface area contributed by atoms with Crippen LogP contribution in [-0.4, -0.2) is 63.0 Å². The van der Waals surface area contributed by atoms with Crippen molar-refractivity contribution in [1.82, 2.24) is 19.9 Å². The quantitative estimate of drug-likeness (QED) is 0.702. The number of hydrogen-bond acceptors (Lipinski definition) is 7. The molecular weight excluding hydrogens is 392 g/mol. The van der Waals surface area contributed by atoms with Crippen LogP contribution in [0.15, 0.2) is 28.8 Å². The molecule has 1 N–H and O–H groups in total. The lowest BCUT2D eigenvalue weighted by Gasteiger charge is -2.38. The van der Waals surface area contributed by atoms with Crippen LogP contribution in [0.4, 0.5) is 0 Å². The monoisotopic (exact) mass is 418 g/mol. The van der Waals surface area contributed by atoms with Crippen molar-refractivity contribution in [1.29, 1.82) is 0 Å². The molecule has 1 fully saturated rings. The number of nitrogens with zero attached hydrogens (tertiary/aromatic N) is 4. The zero-order valence-corrected chi connectivity index (χ0v) is 17.4. The molecule has 1 saturated heterocycles. The summed E-state index contributed by atoms with van der Waals surface area (Å²) in [6.45, 7) is 5.96. The van der Waals surface area contributed by atoms with Crippen molar-refractivity contribution in [3.05, 3.63) is 41.5 Å². The largest absolute Gasteiger partial charge is 0.497 e. The Hall–Kier alpha value is -3.43. The molecule has 1 aromatic heterocycles. The molecule has 0 spiro atoms. The van der Waals surface area contributed by atoms with Gasteiger partial charge in [0.05, 0.1) is 13.7 Å². The predicted molar refractivity (Wildman–Crippen MR) is 106 cm³/mol. The second-order valence-corrected chi connectivity index (χ2v) is 7.05. The Morgan fingerprint density at radius 3 is 2.43 bits per heavy atom. The average molecular weight is 418 g/mol. The summed E-state index contributed by atoms with van der Waals surface area (Å²) >= 11 is 0. The fraction of sp³-hybridized carbons (Fsp3) is 0.450. The first-order valence-electron chi connectivity index (χ1n) is 9.42. The number of carboxylic acid groups (broad SMARTS) is 1. The van der Waals surface area contributed by atoms with Gasteiger partial charge in [0.15, 0.2) is 5.82 Å². The van der Waals surface area contributed by atoms with Crippen LogP contribution in [0.3, 0.4) is 0 Å². The summed E-state index contributed by atoms with van der Waals surface area (Å²) in [5.41, 5.74) is 0.942. The smallest absolute Gasteiger partial charge is 0.290 e. The van der Waals surface area contributed by atoms with Crippen LogP contribution in [0, 0.1) is 0 Å². The molecule has 30 heavy (non-hydrogen) atoms. The maximum absolute atomic E-state index is 12.8. The van der Waals surface area contributed by atoms with E-state index in [9.17, 15) is 9.59 Å². The van der Waals surface area contributed by atoms with Gasteiger partial charge in [-0.25, -0.2) is 0 Å². The van der Waals surface area contributed by atoms with Gasteiger partial charge in [0.25, 0.3) is 6.47 Å². The molecule has 2 aromatic rings. The number of rotatable bonds is 6. The zero-order chi connectivity index (χ0) is 22.3. The third-order valence-electron chi connectivity index (χ3n) is 4.60. The van der Waals surface area contributed by atoms with Gasteiger partial charge in [-0.2, -0.15) is 4.98 Å². The molecule has 0 saturated carbocycles. The molecule has 2 heterocycles. The number of aromatic nitrogens is 2. The van der Waals surface area contributed by atoms with Crippen molar-refractivity contribution in [2.45, 2.75) is 45.8 Å². The van der Waals surface area contributed by atoms with E-state index in [1.54, 1.807) is 18.9 Å². The maximum atomic E-state index is 12.8. The third kappa shape index (κ3) is 5.56. The van der Waals surface area contributed by atoms with Gasteiger partial charge in [0, 0.05) is 12.5 Å². The molecule has 162 valence electrons. The highest BCUT2D eigenvalue weighted by atomic mass is 16.5. The van der Waals surface area contributed by atoms with Crippen LogP contribution in [-0.2, 0) is 27.5 Å². The van der Waals surface area contributed by atoms with Crippen LogP contribution >= 0.6 is 0 Å². The van der Waals surface area contributed by atoms with E-state index < -0.39 is 6.04 Å². The lowest BCUT2D eigenvalue weighted by atomic mass is 10.1. The van der Waals surface area contributed by atoms with E-state index >= 15 is 0 Å². The normalized spacial score (nSPS) is 16.4. The summed E-state index contributed by atoms with van der Waals surface area (Å²) in [6.07, 6.45) is 0. The molecule has 1 aliphatic heterocycles. The Morgan fingerprint density at radius 2 is 1.90 bits per heavy atom. The van der Waals surface area contributed by atoms with Gasteiger partial charge in [-0.05, 0) is 24.6 Å².